The maximum atomic E-state index is 11.0. The fourth-order valence-electron chi connectivity index (χ4n) is 2.00. The molecule has 3 heteroatoms. The van der Waals surface area contributed by atoms with Crippen LogP contribution in [0.15, 0.2) is 4.99 Å². The van der Waals surface area contributed by atoms with Crippen molar-refractivity contribution < 1.29 is 4.79 Å². The van der Waals surface area contributed by atoms with Crippen molar-refractivity contribution in [1.29, 1.82) is 0 Å². The molecule has 0 aromatic rings. The number of carbonyl (C=O) groups is 1. The van der Waals surface area contributed by atoms with Crippen LogP contribution in [0, 0.1) is 5.92 Å². The molecule has 0 saturated heterocycles. The van der Waals surface area contributed by atoms with Crippen molar-refractivity contribution >= 4 is 12.6 Å². The zero-order valence-electron chi connectivity index (χ0n) is 8.04. The number of amides is 1. The van der Waals surface area contributed by atoms with Gasteiger partial charge in [0, 0.05) is 0 Å². The summed E-state index contributed by atoms with van der Waals surface area (Å²) in [5.74, 6) is 0.375. The average Bonchev–Trinajstić information content (AvgIpc) is 2.18. The van der Waals surface area contributed by atoms with Crippen LogP contribution >= 0.6 is 0 Å². The Labute approximate surface area is 79.4 Å². The molecule has 74 valence electrons. The number of hydrogen-bond acceptors (Lipinski definition) is 2. The first-order chi connectivity index (χ1) is 6.24. The minimum absolute atomic E-state index is 0.259. The smallest absolute Gasteiger partial charge is 0.261 e. The lowest BCUT2D eigenvalue weighted by molar-refractivity contribution is -0.119. The second-order valence-corrected chi connectivity index (χ2v) is 3.84. The molecule has 0 aliphatic heterocycles. The molecule has 0 heterocycles. The maximum Gasteiger partial charge on any atom is 0.261 e. The Balaban J connectivity index is 2.29. The van der Waals surface area contributed by atoms with E-state index in [1.807, 2.05) is 0 Å². The molecule has 0 spiro atoms. The van der Waals surface area contributed by atoms with Gasteiger partial charge >= 0.3 is 0 Å². The van der Waals surface area contributed by atoms with Crippen molar-refractivity contribution in [3.8, 4) is 0 Å². The number of aliphatic imine (C=N–C) groups is 1. The predicted molar refractivity (Wildman–Crippen MR) is 53.7 cm³/mol. The molecule has 0 aromatic heterocycles. The van der Waals surface area contributed by atoms with E-state index < -0.39 is 6.04 Å². The van der Waals surface area contributed by atoms with Gasteiger partial charge in [-0.3, -0.25) is 4.79 Å². The monoisotopic (exact) mass is 182 g/mol. The molecule has 0 radical (unpaired) electrons. The Morgan fingerprint density at radius 2 is 2.08 bits per heavy atom. The van der Waals surface area contributed by atoms with Gasteiger partial charge in [0.1, 0.15) is 0 Å². The highest BCUT2D eigenvalue weighted by Crippen LogP contribution is 2.26. The SMILES string of the molecule is C=NC(=O)[C@H](N)CC1CCCCC1. The second-order valence-electron chi connectivity index (χ2n) is 3.84. The summed E-state index contributed by atoms with van der Waals surface area (Å²) >= 11 is 0. The quantitative estimate of drug-likeness (QED) is 0.673. The Morgan fingerprint density at radius 3 is 2.62 bits per heavy atom. The summed E-state index contributed by atoms with van der Waals surface area (Å²) in [6.45, 7) is 3.20. The first-order valence-corrected chi connectivity index (χ1v) is 5.00. The van der Waals surface area contributed by atoms with E-state index in [4.69, 9.17) is 5.73 Å². The van der Waals surface area contributed by atoms with E-state index in [1.165, 1.54) is 32.1 Å². The van der Waals surface area contributed by atoms with Crippen LogP contribution in [0.4, 0.5) is 0 Å². The molecule has 3 nitrogen and oxygen atoms in total. The van der Waals surface area contributed by atoms with Crippen LogP contribution in [0.1, 0.15) is 38.5 Å². The van der Waals surface area contributed by atoms with E-state index in [0.29, 0.717) is 5.92 Å². The highest BCUT2D eigenvalue weighted by Gasteiger charge is 2.20. The zero-order chi connectivity index (χ0) is 9.68. The summed E-state index contributed by atoms with van der Waals surface area (Å²) in [4.78, 5) is 14.4. The fraction of sp³-hybridized carbons (Fsp3) is 0.800. The van der Waals surface area contributed by atoms with Gasteiger partial charge in [0.05, 0.1) is 6.04 Å². The second kappa shape index (κ2) is 5.12. The molecule has 1 aliphatic carbocycles. The minimum atomic E-state index is -0.416. The third kappa shape index (κ3) is 3.27. The summed E-state index contributed by atoms with van der Waals surface area (Å²) < 4.78 is 0. The van der Waals surface area contributed by atoms with E-state index in [0.717, 1.165) is 6.42 Å². The van der Waals surface area contributed by atoms with Gasteiger partial charge in [-0.1, -0.05) is 32.1 Å². The van der Waals surface area contributed by atoms with Crippen LogP contribution in [0.5, 0.6) is 0 Å². The van der Waals surface area contributed by atoms with Gasteiger partial charge in [-0.05, 0) is 19.1 Å². The molecule has 13 heavy (non-hydrogen) atoms. The van der Waals surface area contributed by atoms with Crippen molar-refractivity contribution in [2.24, 2.45) is 16.6 Å². The van der Waals surface area contributed by atoms with Gasteiger partial charge in [-0.25, -0.2) is 4.99 Å². The molecule has 0 aromatic carbocycles. The van der Waals surface area contributed by atoms with E-state index in [9.17, 15) is 4.79 Å². The lowest BCUT2D eigenvalue weighted by Crippen LogP contribution is -2.31. The van der Waals surface area contributed by atoms with Gasteiger partial charge in [0.2, 0.25) is 0 Å². The molecule has 0 unspecified atom stereocenters. The third-order valence-corrected chi connectivity index (χ3v) is 2.79. The molecule has 1 aliphatic rings. The number of nitrogens with zero attached hydrogens (tertiary/aromatic N) is 1. The molecule has 1 amide bonds. The lowest BCUT2D eigenvalue weighted by atomic mass is 9.85. The Bertz CT molecular complexity index is 185. The highest BCUT2D eigenvalue weighted by molar-refractivity contribution is 5.85. The topological polar surface area (TPSA) is 55.5 Å². The van der Waals surface area contributed by atoms with Crippen LogP contribution in [0.2, 0.25) is 0 Å². The van der Waals surface area contributed by atoms with Crippen molar-refractivity contribution in [1.82, 2.24) is 0 Å². The van der Waals surface area contributed by atoms with Crippen LogP contribution in [-0.4, -0.2) is 18.7 Å². The number of carbonyl (C=O) groups excluding carboxylic acids is 1. The molecule has 1 saturated carbocycles. The standard InChI is InChI=1S/C10H18N2O/c1-12-10(13)9(11)7-8-5-3-2-4-6-8/h8-9H,1-7,11H2/t9-/m1/s1. The molecule has 0 bridgehead atoms. The Hall–Kier alpha value is -0.700. The normalized spacial score (nSPS) is 21.0. The predicted octanol–water partition coefficient (Wildman–Crippen LogP) is 1.51. The largest absolute Gasteiger partial charge is 0.320 e. The van der Waals surface area contributed by atoms with E-state index >= 15 is 0 Å². The number of rotatable bonds is 3. The van der Waals surface area contributed by atoms with Crippen molar-refractivity contribution in [2.45, 2.75) is 44.6 Å². The molecular weight excluding hydrogens is 164 g/mol. The molecule has 1 rings (SSSR count). The zero-order valence-corrected chi connectivity index (χ0v) is 8.04. The third-order valence-electron chi connectivity index (χ3n) is 2.79. The first-order valence-electron chi connectivity index (χ1n) is 5.00. The number of hydrogen-bond donors (Lipinski definition) is 1. The Morgan fingerprint density at radius 1 is 1.46 bits per heavy atom. The summed E-state index contributed by atoms with van der Waals surface area (Å²) in [5, 5.41) is 0. The van der Waals surface area contributed by atoms with Gasteiger partial charge in [-0.15, -0.1) is 0 Å². The van der Waals surface area contributed by atoms with Crippen LogP contribution in [0.25, 0.3) is 0 Å². The molecule has 2 N–H and O–H groups in total. The summed E-state index contributed by atoms with van der Waals surface area (Å²) in [7, 11) is 0. The lowest BCUT2D eigenvalue weighted by Gasteiger charge is -2.23. The van der Waals surface area contributed by atoms with Gasteiger partial charge in [0.25, 0.3) is 5.91 Å². The van der Waals surface area contributed by atoms with Crippen LogP contribution in [0.3, 0.4) is 0 Å². The average molecular weight is 182 g/mol. The van der Waals surface area contributed by atoms with Crippen molar-refractivity contribution in [3.63, 3.8) is 0 Å². The highest BCUT2D eigenvalue weighted by atomic mass is 16.1. The number of nitrogens with two attached hydrogens (primary N) is 1. The van der Waals surface area contributed by atoms with E-state index in [-0.39, 0.29) is 5.91 Å². The fourth-order valence-corrected chi connectivity index (χ4v) is 2.00. The summed E-state index contributed by atoms with van der Waals surface area (Å²) in [6.07, 6.45) is 7.13. The van der Waals surface area contributed by atoms with Crippen molar-refractivity contribution in [3.05, 3.63) is 0 Å². The molecule has 1 atom stereocenters. The molecule has 1 fully saturated rings. The summed E-state index contributed by atoms with van der Waals surface area (Å²) in [6, 6.07) is -0.416. The van der Waals surface area contributed by atoms with Gasteiger partial charge in [-0.2, -0.15) is 0 Å². The van der Waals surface area contributed by atoms with E-state index in [2.05, 4.69) is 11.7 Å². The minimum Gasteiger partial charge on any atom is -0.320 e. The van der Waals surface area contributed by atoms with E-state index in [1.54, 1.807) is 0 Å². The van der Waals surface area contributed by atoms with Crippen LogP contribution < -0.4 is 5.73 Å². The molecular formula is C10H18N2O. The van der Waals surface area contributed by atoms with Crippen molar-refractivity contribution in [2.75, 3.05) is 0 Å². The first kappa shape index (κ1) is 10.4. The van der Waals surface area contributed by atoms with Gasteiger partial charge < -0.3 is 5.73 Å². The summed E-state index contributed by atoms with van der Waals surface area (Å²) in [5.41, 5.74) is 5.68. The van der Waals surface area contributed by atoms with Gasteiger partial charge in [0.15, 0.2) is 0 Å². The Kier molecular flexibility index (Phi) is 4.09. The van der Waals surface area contributed by atoms with Crippen LogP contribution in [-0.2, 0) is 4.79 Å². The maximum absolute atomic E-state index is 11.0.